The first-order chi connectivity index (χ1) is 13.6. The summed E-state index contributed by atoms with van der Waals surface area (Å²) in [6.45, 7) is 2.07. The third-order valence-corrected chi connectivity index (χ3v) is 4.88. The molecule has 0 unspecified atom stereocenters. The molecule has 0 aliphatic carbocycles. The molecule has 3 aromatic carbocycles. The van der Waals surface area contributed by atoms with Gasteiger partial charge < -0.3 is 17.3 Å². The highest BCUT2D eigenvalue weighted by Crippen LogP contribution is 2.18. The number of aromatic nitrogens is 2. The molecule has 0 saturated heterocycles. The van der Waals surface area contributed by atoms with Crippen LogP contribution in [0.1, 0.15) is 17.0 Å². The molecule has 0 saturated carbocycles. The number of para-hydroxylation sites is 3. The molecule has 0 radical (unpaired) electrons. The summed E-state index contributed by atoms with van der Waals surface area (Å²) in [5, 5.41) is 0. The van der Waals surface area contributed by atoms with Crippen molar-refractivity contribution in [2.24, 2.45) is 0 Å². The minimum atomic E-state index is 0. The molecular weight excluding hydrogens is 378 g/mol. The van der Waals surface area contributed by atoms with Gasteiger partial charge in [0.1, 0.15) is 11.2 Å². The molecule has 0 bridgehead atoms. The number of nitrogens with zero attached hydrogens (tertiary/aromatic N) is 3. The minimum absolute atomic E-state index is 0. The van der Waals surface area contributed by atoms with E-state index in [2.05, 4.69) is 109 Å². The molecule has 0 aliphatic rings. The van der Waals surface area contributed by atoms with Gasteiger partial charge in [0.2, 0.25) is 16.9 Å². The lowest BCUT2D eigenvalue weighted by atomic mass is 10.1. The van der Waals surface area contributed by atoms with Crippen molar-refractivity contribution in [2.45, 2.75) is 6.92 Å². The van der Waals surface area contributed by atoms with E-state index in [0.29, 0.717) is 0 Å². The predicted octanol–water partition coefficient (Wildman–Crippen LogP) is 2.06. The summed E-state index contributed by atoms with van der Waals surface area (Å²) >= 11 is 0. The second-order valence-electron chi connectivity index (χ2n) is 7.06. The lowest BCUT2D eigenvalue weighted by molar-refractivity contribution is -0.570. The average molecular weight is 402 g/mol. The number of rotatable bonds is 4. The lowest BCUT2D eigenvalue weighted by Gasteiger charge is -2.11. The molecule has 0 atom stereocenters. The summed E-state index contributed by atoms with van der Waals surface area (Å²) in [7, 11) is 4.11. The van der Waals surface area contributed by atoms with Crippen LogP contribution in [0, 0.1) is 6.92 Å². The first kappa shape index (κ1) is 20.6. The quantitative estimate of drug-likeness (QED) is 0.488. The second-order valence-corrected chi connectivity index (χ2v) is 7.06. The summed E-state index contributed by atoms with van der Waals surface area (Å²) in [6.07, 6.45) is 4.31. The fourth-order valence-electron chi connectivity index (χ4n) is 3.39. The fourth-order valence-corrected chi connectivity index (χ4v) is 3.39. The maximum Gasteiger partial charge on any atom is 0.237 e. The van der Waals surface area contributed by atoms with Gasteiger partial charge in [-0.3, -0.25) is 0 Å². The molecule has 1 aromatic heterocycles. The summed E-state index contributed by atoms with van der Waals surface area (Å²) in [4.78, 5) is 6.94. The molecule has 1 heterocycles. The second kappa shape index (κ2) is 8.89. The van der Waals surface area contributed by atoms with Gasteiger partial charge in [-0.05, 0) is 36.8 Å². The van der Waals surface area contributed by atoms with E-state index < -0.39 is 0 Å². The number of fused-ring (bicyclic) bond motifs is 1. The summed E-state index contributed by atoms with van der Waals surface area (Å²) in [6, 6.07) is 27.3. The van der Waals surface area contributed by atoms with Gasteiger partial charge >= 0.3 is 0 Å². The SMILES string of the molecule is Cc1nc2ccccc2[n+](-c2ccccc2)c1C=Cc1ccc(N(C)C)cc1.[Cl-]. The van der Waals surface area contributed by atoms with Crippen LogP contribution in [-0.2, 0) is 0 Å². The topological polar surface area (TPSA) is 20.0 Å². The van der Waals surface area contributed by atoms with E-state index >= 15 is 0 Å². The van der Waals surface area contributed by atoms with Crippen molar-refractivity contribution in [1.82, 2.24) is 4.98 Å². The molecule has 4 rings (SSSR count). The van der Waals surface area contributed by atoms with E-state index in [9.17, 15) is 0 Å². The van der Waals surface area contributed by atoms with Crippen LogP contribution in [0.25, 0.3) is 28.9 Å². The van der Waals surface area contributed by atoms with Crippen molar-refractivity contribution in [3.8, 4) is 5.69 Å². The Morgan fingerprint density at radius 3 is 2.14 bits per heavy atom. The van der Waals surface area contributed by atoms with E-state index in [1.54, 1.807) is 0 Å². The van der Waals surface area contributed by atoms with Crippen molar-refractivity contribution in [2.75, 3.05) is 19.0 Å². The van der Waals surface area contributed by atoms with E-state index in [1.165, 1.54) is 5.69 Å². The lowest BCUT2D eigenvalue weighted by Crippen LogP contribution is -3.00. The van der Waals surface area contributed by atoms with E-state index in [0.717, 1.165) is 33.7 Å². The number of anilines is 1. The molecule has 0 N–H and O–H groups in total. The van der Waals surface area contributed by atoms with Crippen LogP contribution >= 0.6 is 0 Å². The molecule has 0 fully saturated rings. The van der Waals surface area contributed by atoms with Gasteiger partial charge in [-0.2, -0.15) is 4.57 Å². The van der Waals surface area contributed by atoms with Crippen molar-refractivity contribution in [3.63, 3.8) is 0 Å². The van der Waals surface area contributed by atoms with Gasteiger partial charge in [-0.25, -0.2) is 4.98 Å². The van der Waals surface area contributed by atoms with Crippen molar-refractivity contribution in [3.05, 3.63) is 95.8 Å². The van der Waals surface area contributed by atoms with Gasteiger partial charge in [0.25, 0.3) is 0 Å². The molecule has 4 heteroatoms. The maximum absolute atomic E-state index is 4.83. The molecule has 4 aromatic rings. The van der Waals surface area contributed by atoms with Gasteiger partial charge in [0.15, 0.2) is 0 Å². The normalized spacial score (nSPS) is 10.9. The predicted molar refractivity (Wildman–Crippen MR) is 118 cm³/mol. The Hall–Kier alpha value is -3.17. The number of hydrogen-bond acceptors (Lipinski definition) is 2. The molecule has 0 aliphatic heterocycles. The standard InChI is InChI=1S/C25H24N3.ClH/c1-19-24(18-15-20-13-16-21(17-14-20)27(2)3)28(22-9-5-4-6-10-22)25-12-8-7-11-23(25)26-19;/h4-18H,1-3H3;1H/q+1;/p-1. The van der Waals surface area contributed by atoms with E-state index in [-0.39, 0.29) is 12.4 Å². The Balaban J connectivity index is 0.00000240. The highest BCUT2D eigenvalue weighted by atomic mass is 35.5. The van der Waals surface area contributed by atoms with Crippen LogP contribution in [0.3, 0.4) is 0 Å². The van der Waals surface area contributed by atoms with Crippen LogP contribution in [0.4, 0.5) is 5.69 Å². The zero-order chi connectivity index (χ0) is 19.5. The van der Waals surface area contributed by atoms with Crippen LogP contribution in [-0.4, -0.2) is 19.1 Å². The summed E-state index contributed by atoms with van der Waals surface area (Å²) < 4.78 is 2.28. The van der Waals surface area contributed by atoms with E-state index in [1.807, 2.05) is 12.1 Å². The first-order valence-corrected chi connectivity index (χ1v) is 9.46. The highest BCUT2D eigenvalue weighted by molar-refractivity contribution is 5.75. The Kier molecular flexibility index (Phi) is 6.30. The molecule has 146 valence electrons. The fraction of sp³-hybridized carbons (Fsp3) is 0.120. The summed E-state index contributed by atoms with van der Waals surface area (Å²) in [5.74, 6) is 0. The molecule has 0 spiro atoms. The summed E-state index contributed by atoms with van der Waals surface area (Å²) in [5.41, 5.74) is 7.67. The van der Waals surface area contributed by atoms with Crippen LogP contribution in [0.15, 0.2) is 78.9 Å². The van der Waals surface area contributed by atoms with Crippen LogP contribution < -0.4 is 21.9 Å². The van der Waals surface area contributed by atoms with Crippen molar-refractivity contribution >= 4 is 28.9 Å². The Morgan fingerprint density at radius 1 is 0.793 bits per heavy atom. The Morgan fingerprint density at radius 2 is 1.45 bits per heavy atom. The van der Waals surface area contributed by atoms with Gasteiger partial charge in [-0.1, -0.05) is 42.5 Å². The number of benzene rings is 3. The zero-order valence-corrected chi connectivity index (χ0v) is 17.6. The van der Waals surface area contributed by atoms with Gasteiger partial charge in [0, 0.05) is 44.1 Å². The molecular formula is C25H24ClN3. The third-order valence-electron chi connectivity index (χ3n) is 4.88. The van der Waals surface area contributed by atoms with Crippen LogP contribution in [0.5, 0.6) is 0 Å². The largest absolute Gasteiger partial charge is 1.00 e. The van der Waals surface area contributed by atoms with Gasteiger partial charge in [-0.15, -0.1) is 0 Å². The van der Waals surface area contributed by atoms with Crippen LogP contribution in [0.2, 0.25) is 0 Å². The smallest absolute Gasteiger partial charge is 0.237 e. The van der Waals surface area contributed by atoms with Crippen molar-refractivity contribution < 1.29 is 17.0 Å². The monoisotopic (exact) mass is 401 g/mol. The zero-order valence-electron chi connectivity index (χ0n) is 16.9. The third kappa shape index (κ3) is 4.30. The molecule has 3 nitrogen and oxygen atoms in total. The molecule has 0 amide bonds. The number of halogens is 1. The number of aryl methyl sites for hydroxylation is 1. The average Bonchev–Trinajstić information content (AvgIpc) is 2.72. The van der Waals surface area contributed by atoms with Crippen molar-refractivity contribution in [1.29, 1.82) is 0 Å². The number of hydrogen-bond donors (Lipinski definition) is 0. The minimum Gasteiger partial charge on any atom is -1.00 e. The molecule has 29 heavy (non-hydrogen) atoms. The van der Waals surface area contributed by atoms with E-state index in [4.69, 9.17) is 4.98 Å². The Bertz CT molecular complexity index is 1130. The Labute approximate surface area is 178 Å². The highest BCUT2D eigenvalue weighted by Gasteiger charge is 2.20. The maximum atomic E-state index is 4.83. The van der Waals surface area contributed by atoms with Gasteiger partial charge in [0.05, 0.1) is 0 Å². The first-order valence-electron chi connectivity index (χ1n) is 9.46.